The molecule has 2 aromatic rings. The van der Waals surface area contributed by atoms with Crippen LogP contribution in [0.4, 0.5) is 28.9 Å². The number of alkyl halides is 3. The molecule has 0 saturated carbocycles. The van der Waals surface area contributed by atoms with E-state index in [0.29, 0.717) is 0 Å². The Balaban J connectivity index is 2.23. The number of hydrogen-bond donors (Lipinski definition) is 2. The van der Waals surface area contributed by atoms with E-state index >= 15 is 0 Å². The van der Waals surface area contributed by atoms with Crippen molar-refractivity contribution in [3.8, 4) is 0 Å². The number of nitrogens with two attached hydrogens (primary N) is 1. The van der Waals surface area contributed by atoms with Crippen LogP contribution in [0.2, 0.25) is 0 Å². The van der Waals surface area contributed by atoms with Gasteiger partial charge >= 0.3 is 6.18 Å². The van der Waals surface area contributed by atoms with Crippen molar-refractivity contribution < 1.29 is 17.6 Å². The lowest BCUT2D eigenvalue weighted by molar-refractivity contribution is -0.138. The molecular weight excluding hydrogens is 352 g/mol. The second-order valence-corrected chi connectivity index (χ2v) is 5.22. The fourth-order valence-electron chi connectivity index (χ4n) is 1.86. The molecule has 7 heteroatoms. The van der Waals surface area contributed by atoms with E-state index < -0.39 is 17.6 Å². The molecule has 0 heterocycles. The van der Waals surface area contributed by atoms with Crippen LogP contribution in [0.15, 0.2) is 40.9 Å². The first-order valence-electron chi connectivity index (χ1n) is 5.92. The Morgan fingerprint density at radius 3 is 2.48 bits per heavy atom. The van der Waals surface area contributed by atoms with Crippen molar-refractivity contribution in [2.75, 3.05) is 11.1 Å². The van der Waals surface area contributed by atoms with Crippen LogP contribution in [-0.2, 0) is 12.7 Å². The zero-order chi connectivity index (χ0) is 15.6. The Morgan fingerprint density at radius 1 is 1.14 bits per heavy atom. The molecule has 3 N–H and O–H groups in total. The summed E-state index contributed by atoms with van der Waals surface area (Å²) >= 11 is 2.98. The molecule has 112 valence electrons. The van der Waals surface area contributed by atoms with E-state index in [1.54, 1.807) is 0 Å². The summed E-state index contributed by atoms with van der Waals surface area (Å²) in [5.74, 6) is -0.546. The van der Waals surface area contributed by atoms with Gasteiger partial charge in [0.15, 0.2) is 0 Å². The lowest BCUT2D eigenvalue weighted by Gasteiger charge is -2.15. The standard InChI is InChI=1S/C14H11BrF4N2/c15-10-5-12(20)13(6-11(10)16)21-7-8-3-1-2-4-9(8)14(17,18)19/h1-6,21H,7,20H2. The summed E-state index contributed by atoms with van der Waals surface area (Å²) < 4.78 is 52.2. The predicted molar refractivity (Wildman–Crippen MR) is 77.3 cm³/mol. The molecule has 0 saturated heterocycles. The molecule has 0 fully saturated rings. The molecular formula is C14H11BrF4N2. The normalized spacial score (nSPS) is 11.5. The van der Waals surface area contributed by atoms with Gasteiger partial charge in [0.1, 0.15) is 5.82 Å². The maximum atomic E-state index is 13.4. The van der Waals surface area contributed by atoms with Gasteiger partial charge in [-0.25, -0.2) is 4.39 Å². The molecule has 2 aromatic carbocycles. The molecule has 0 radical (unpaired) electrons. The summed E-state index contributed by atoms with van der Waals surface area (Å²) in [6.07, 6.45) is -4.44. The fraction of sp³-hybridized carbons (Fsp3) is 0.143. The summed E-state index contributed by atoms with van der Waals surface area (Å²) in [5, 5.41) is 2.72. The molecule has 0 atom stereocenters. The highest BCUT2D eigenvalue weighted by molar-refractivity contribution is 9.10. The van der Waals surface area contributed by atoms with Crippen molar-refractivity contribution in [3.05, 3.63) is 57.8 Å². The molecule has 0 aliphatic heterocycles. The molecule has 0 aliphatic carbocycles. The van der Waals surface area contributed by atoms with Crippen LogP contribution in [0.25, 0.3) is 0 Å². The van der Waals surface area contributed by atoms with E-state index in [4.69, 9.17) is 5.73 Å². The average molecular weight is 363 g/mol. The Labute approximate surface area is 127 Å². The molecule has 2 rings (SSSR count). The van der Waals surface area contributed by atoms with E-state index in [2.05, 4.69) is 21.2 Å². The quantitative estimate of drug-likeness (QED) is 0.607. The number of hydrogen-bond acceptors (Lipinski definition) is 2. The third-order valence-corrected chi connectivity index (χ3v) is 3.49. The van der Waals surface area contributed by atoms with Gasteiger partial charge < -0.3 is 11.1 Å². The Morgan fingerprint density at radius 2 is 1.81 bits per heavy atom. The first-order chi connectivity index (χ1) is 9.79. The van der Waals surface area contributed by atoms with E-state index in [9.17, 15) is 17.6 Å². The fourth-order valence-corrected chi connectivity index (χ4v) is 2.22. The van der Waals surface area contributed by atoms with Gasteiger partial charge in [0.05, 0.1) is 21.4 Å². The molecule has 21 heavy (non-hydrogen) atoms. The monoisotopic (exact) mass is 362 g/mol. The highest BCUT2D eigenvalue weighted by atomic mass is 79.9. The topological polar surface area (TPSA) is 38.0 Å². The smallest absolute Gasteiger partial charge is 0.397 e. The lowest BCUT2D eigenvalue weighted by atomic mass is 10.1. The van der Waals surface area contributed by atoms with Gasteiger partial charge in [-0.1, -0.05) is 18.2 Å². The zero-order valence-electron chi connectivity index (χ0n) is 10.6. The van der Waals surface area contributed by atoms with E-state index in [0.717, 1.165) is 12.1 Å². The van der Waals surface area contributed by atoms with E-state index in [1.807, 2.05) is 0 Å². The Hall–Kier alpha value is -1.76. The summed E-state index contributed by atoms with van der Waals surface area (Å²) in [5.41, 5.74) is 5.52. The number of rotatable bonds is 3. The third kappa shape index (κ3) is 3.66. The van der Waals surface area contributed by atoms with Crippen LogP contribution in [0, 0.1) is 5.82 Å². The zero-order valence-corrected chi connectivity index (χ0v) is 12.2. The van der Waals surface area contributed by atoms with Crippen molar-refractivity contribution in [2.24, 2.45) is 0 Å². The minimum absolute atomic E-state index is 0.0627. The number of benzene rings is 2. The average Bonchev–Trinajstić information content (AvgIpc) is 2.41. The first-order valence-corrected chi connectivity index (χ1v) is 6.72. The number of halogens is 5. The number of nitrogen functional groups attached to an aromatic ring is 1. The van der Waals surface area contributed by atoms with Gasteiger partial charge in [-0.05, 0) is 33.6 Å². The van der Waals surface area contributed by atoms with E-state index in [1.165, 1.54) is 24.3 Å². The summed E-state index contributed by atoms with van der Waals surface area (Å²) in [6.45, 7) is -0.110. The highest BCUT2D eigenvalue weighted by Gasteiger charge is 2.32. The number of nitrogens with one attached hydrogen (secondary N) is 1. The summed E-state index contributed by atoms with van der Waals surface area (Å²) in [7, 11) is 0. The van der Waals surface area contributed by atoms with Crippen LogP contribution in [-0.4, -0.2) is 0 Å². The maximum Gasteiger partial charge on any atom is 0.416 e. The predicted octanol–water partition coefficient (Wildman–Crippen LogP) is 4.80. The molecule has 0 bridgehead atoms. The SMILES string of the molecule is Nc1cc(Br)c(F)cc1NCc1ccccc1C(F)(F)F. The van der Waals surface area contributed by atoms with Crippen LogP contribution in [0.5, 0.6) is 0 Å². The molecule has 0 unspecified atom stereocenters. The second kappa shape index (κ2) is 5.93. The van der Waals surface area contributed by atoms with Gasteiger partial charge in [0, 0.05) is 12.6 Å². The lowest BCUT2D eigenvalue weighted by Crippen LogP contribution is -2.12. The van der Waals surface area contributed by atoms with E-state index in [-0.39, 0.29) is 28.0 Å². The Bertz CT molecular complexity index is 656. The molecule has 0 aliphatic rings. The van der Waals surface area contributed by atoms with Crippen molar-refractivity contribution in [1.29, 1.82) is 0 Å². The van der Waals surface area contributed by atoms with Crippen LogP contribution < -0.4 is 11.1 Å². The van der Waals surface area contributed by atoms with Crippen LogP contribution in [0.1, 0.15) is 11.1 Å². The molecule has 0 aromatic heterocycles. The first kappa shape index (κ1) is 15.6. The maximum absolute atomic E-state index is 13.4. The van der Waals surface area contributed by atoms with Gasteiger partial charge in [0.2, 0.25) is 0 Å². The summed E-state index contributed by atoms with van der Waals surface area (Å²) in [4.78, 5) is 0. The minimum atomic E-state index is -4.44. The van der Waals surface area contributed by atoms with Crippen molar-refractivity contribution in [2.45, 2.75) is 12.7 Å². The van der Waals surface area contributed by atoms with Crippen molar-refractivity contribution >= 4 is 27.3 Å². The van der Waals surface area contributed by atoms with Gasteiger partial charge in [0.25, 0.3) is 0 Å². The van der Waals surface area contributed by atoms with Crippen LogP contribution in [0.3, 0.4) is 0 Å². The second-order valence-electron chi connectivity index (χ2n) is 4.36. The minimum Gasteiger partial charge on any atom is -0.397 e. The molecule has 0 spiro atoms. The summed E-state index contributed by atoms with van der Waals surface area (Å²) in [6, 6.07) is 7.68. The van der Waals surface area contributed by atoms with Gasteiger partial charge in [-0.15, -0.1) is 0 Å². The van der Waals surface area contributed by atoms with Gasteiger partial charge in [-0.2, -0.15) is 13.2 Å². The third-order valence-electron chi connectivity index (χ3n) is 2.88. The Kier molecular flexibility index (Phi) is 4.41. The van der Waals surface area contributed by atoms with Gasteiger partial charge in [-0.3, -0.25) is 0 Å². The van der Waals surface area contributed by atoms with Crippen LogP contribution >= 0.6 is 15.9 Å². The molecule has 0 amide bonds. The van der Waals surface area contributed by atoms with Crippen molar-refractivity contribution in [3.63, 3.8) is 0 Å². The number of anilines is 2. The largest absolute Gasteiger partial charge is 0.416 e. The van der Waals surface area contributed by atoms with Crippen molar-refractivity contribution in [1.82, 2.24) is 0 Å². The molecule has 2 nitrogen and oxygen atoms in total. The highest BCUT2D eigenvalue weighted by Crippen LogP contribution is 2.33.